The molecule has 0 bridgehead atoms. The molecule has 1 amide bonds. The summed E-state index contributed by atoms with van der Waals surface area (Å²) in [7, 11) is 0. The largest absolute Gasteiger partial charge is 0.382 e. The van der Waals surface area contributed by atoms with Crippen molar-refractivity contribution in [1.82, 2.24) is 15.3 Å². The summed E-state index contributed by atoms with van der Waals surface area (Å²) in [6.45, 7) is 5.09. The van der Waals surface area contributed by atoms with Gasteiger partial charge in [0.2, 0.25) is 0 Å². The summed E-state index contributed by atoms with van der Waals surface area (Å²) in [6.07, 6.45) is 9.73. The Labute approximate surface area is 166 Å². The van der Waals surface area contributed by atoms with Gasteiger partial charge >= 0.3 is 0 Å². The highest BCUT2D eigenvalue weighted by molar-refractivity contribution is 6.31. The molecule has 0 radical (unpaired) electrons. The van der Waals surface area contributed by atoms with Crippen molar-refractivity contribution in [3.8, 4) is 0 Å². The minimum absolute atomic E-state index is 0.0165. The Balaban J connectivity index is 2.22. The summed E-state index contributed by atoms with van der Waals surface area (Å²) in [6, 6.07) is 0. The number of aromatic nitrogens is 2. The number of guanidine groups is 1. The summed E-state index contributed by atoms with van der Waals surface area (Å²) in [5.74, 6) is 0.0459. The minimum Gasteiger partial charge on any atom is -0.382 e. The maximum Gasteiger partial charge on any atom is 0.280 e. The maximum atomic E-state index is 12.1. The number of anilines is 2. The van der Waals surface area contributed by atoms with Crippen LogP contribution in [0.2, 0.25) is 5.15 Å². The summed E-state index contributed by atoms with van der Waals surface area (Å²) in [5, 5.41) is 2.34. The molecular formula is C18H32ClN7O. The molecule has 1 heterocycles. The van der Waals surface area contributed by atoms with Gasteiger partial charge in [-0.15, -0.1) is 0 Å². The quantitative estimate of drug-likeness (QED) is 0.256. The third kappa shape index (κ3) is 9.42. The fourth-order valence-corrected chi connectivity index (χ4v) is 2.70. The van der Waals surface area contributed by atoms with Gasteiger partial charge < -0.3 is 17.2 Å². The second kappa shape index (κ2) is 12.3. The Kier molecular flexibility index (Phi) is 10.5. The lowest BCUT2D eigenvalue weighted by Gasteiger charge is -2.07. The number of hydrogen-bond donors (Lipinski definition) is 4. The molecule has 0 atom stereocenters. The number of nitrogens with zero attached hydrogens (tertiary/aromatic N) is 3. The van der Waals surface area contributed by atoms with Crippen molar-refractivity contribution in [2.75, 3.05) is 18.0 Å². The van der Waals surface area contributed by atoms with Gasteiger partial charge in [-0.2, -0.15) is 0 Å². The van der Waals surface area contributed by atoms with Crippen molar-refractivity contribution in [3.05, 3.63) is 10.8 Å². The maximum absolute atomic E-state index is 12.1. The van der Waals surface area contributed by atoms with Crippen molar-refractivity contribution in [2.24, 2.45) is 16.6 Å². The van der Waals surface area contributed by atoms with Gasteiger partial charge in [0, 0.05) is 6.54 Å². The van der Waals surface area contributed by atoms with E-state index in [1.165, 1.54) is 38.5 Å². The topological polar surface area (TPSA) is 145 Å². The van der Waals surface area contributed by atoms with E-state index >= 15 is 0 Å². The molecule has 8 nitrogen and oxygen atoms in total. The smallest absolute Gasteiger partial charge is 0.280 e. The van der Waals surface area contributed by atoms with E-state index in [0.717, 1.165) is 18.8 Å². The zero-order valence-electron chi connectivity index (χ0n) is 16.3. The fraction of sp³-hybridized carbons (Fsp3) is 0.667. The fourth-order valence-electron chi connectivity index (χ4n) is 2.57. The van der Waals surface area contributed by atoms with E-state index in [-0.39, 0.29) is 28.4 Å². The van der Waals surface area contributed by atoms with Gasteiger partial charge in [-0.1, -0.05) is 70.4 Å². The Morgan fingerprint density at radius 2 is 1.63 bits per heavy atom. The Morgan fingerprint density at radius 3 is 2.26 bits per heavy atom. The van der Waals surface area contributed by atoms with E-state index in [0.29, 0.717) is 6.54 Å². The first kappa shape index (κ1) is 23.0. The molecule has 1 aromatic heterocycles. The van der Waals surface area contributed by atoms with Crippen LogP contribution in [0, 0.1) is 5.92 Å². The van der Waals surface area contributed by atoms with E-state index in [4.69, 9.17) is 28.8 Å². The van der Waals surface area contributed by atoms with Crippen LogP contribution in [0.5, 0.6) is 0 Å². The standard InChI is InChI=1S/C18H32ClN7O/c1-12(2)10-8-6-4-3-5-7-9-11-23-18(22)26-17(27)13-15(20)25-16(21)14(19)24-13/h12H,3-11H2,1-2H3,(H4,20,21,25)(H3,22,23,26,27). The molecule has 1 rings (SSSR count). The lowest BCUT2D eigenvalue weighted by molar-refractivity contribution is 0.0972. The predicted octanol–water partition coefficient (Wildman–Crippen LogP) is 3.12. The van der Waals surface area contributed by atoms with Gasteiger partial charge in [-0.25, -0.2) is 9.97 Å². The average molecular weight is 398 g/mol. The molecule has 9 heteroatoms. The summed E-state index contributed by atoms with van der Waals surface area (Å²) in [4.78, 5) is 23.8. The van der Waals surface area contributed by atoms with Gasteiger partial charge in [0.25, 0.3) is 5.91 Å². The number of amides is 1. The molecule has 0 aromatic carbocycles. The normalized spacial score (nSPS) is 11.8. The van der Waals surface area contributed by atoms with Crippen molar-refractivity contribution in [3.63, 3.8) is 0 Å². The monoisotopic (exact) mass is 397 g/mol. The van der Waals surface area contributed by atoms with Gasteiger partial charge in [0.05, 0.1) is 0 Å². The number of unbranched alkanes of at least 4 members (excludes halogenated alkanes) is 6. The van der Waals surface area contributed by atoms with Crippen molar-refractivity contribution >= 4 is 35.1 Å². The van der Waals surface area contributed by atoms with Gasteiger partial charge in [0.1, 0.15) is 0 Å². The number of halogens is 1. The highest BCUT2D eigenvalue weighted by atomic mass is 35.5. The molecule has 27 heavy (non-hydrogen) atoms. The van der Waals surface area contributed by atoms with E-state index in [1.54, 1.807) is 0 Å². The molecule has 0 unspecified atom stereocenters. The summed E-state index contributed by atoms with van der Waals surface area (Å²) >= 11 is 5.76. The molecule has 7 N–H and O–H groups in total. The van der Waals surface area contributed by atoms with E-state index < -0.39 is 5.91 Å². The molecule has 1 aromatic rings. The van der Waals surface area contributed by atoms with E-state index in [2.05, 4.69) is 34.1 Å². The Hall–Kier alpha value is -2.09. The molecule has 0 saturated carbocycles. The third-order valence-corrected chi connectivity index (χ3v) is 4.36. The number of hydrogen-bond acceptors (Lipinski definition) is 6. The van der Waals surface area contributed by atoms with Crippen molar-refractivity contribution in [1.29, 1.82) is 0 Å². The first-order chi connectivity index (χ1) is 12.8. The lowest BCUT2D eigenvalue weighted by Crippen LogP contribution is -2.38. The second-order valence-electron chi connectivity index (χ2n) is 7.01. The van der Waals surface area contributed by atoms with E-state index in [9.17, 15) is 4.79 Å². The van der Waals surface area contributed by atoms with Crippen LogP contribution in [0.15, 0.2) is 4.99 Å². The number of aliphatic imine (C=N–C) groups is 1. The highest BCUT2D eigenvalue weighted by Gasteiger charge is 2.16. The van der Waals surface area contributed by atoms with Crippen molar-refractivity contribution < 1.29 is 4.79 Å². The van der Waals surface area contributed by atoms with Crippen LogP contribution in [-0.2, 0) is 0 Å². The average Bonchev–Trinajstić information content (AvgIpc) is 2.59. The van der Waals surface area contributed by atoms with Gasteiger partial charge in [-0.05, 0) is 12.3 Å². The first-order valence-corrected chi connectivity index (χ1v) is 9.88. The Bertz CT molecular complexity index is 634. The molecule has 0 fully saturated rings. The number of rotatable bonds is 11. The predicted molar refractivity (Wildman–Crippen MR) is 112 cm³/mol. The van der Waals surface area contributed by atoms with Crippen LogP contribution in [-0.4, -0.2) is 28.4 Å². The van der Waals surface area contributed by atoms with Gasteiger partial charge in [0.15, 0.2) is 28.4 Å². The number of nitrogens with two attached hydrogens (primary N) is 3. The van der Waals surface area contributed by atoms with Crippen LogP contribution < -0.4 is 22.5 Å². The third-order valence-electron chi connectivity index (χ3n) is 4.08. The SMILES string of the molecule is CC(C)CCCCCCCCCN=C(N)NC(=O)c1nc(Cl)c(N)nc1N. The zero-order valence-corrected chi connectivity index (χ0v) is 17.1. The summed E-state index contributed by atoms with van der Waals surface area (Å²) < 4.78 is 0. The molecule has 0 aliphatic rings. The number of carbonyl (C=O) groups is 1. The van der Waals surface area contributed by atoms with Crippen LogP contribution >= 0.6 is 11.6 Å². The second-order valence-corrected chi connectivity index (χ2v) is 7.37. The van der Waals surface area contributed by atoms with Crippen LogP contribution in [0.4, 0.5) is 11.6 Å². The van der Waals surface area contributed by atoms with Gasteiger partial charge in [-0.3, -0.25) is 15.1 Å². The molecule has 152 valence electrons. The van der Waals surface area contributed by atoms with Crippen molar-refractivity contribution in [2.45, 2.75) is 65.2 Å². The number of nitrogens with one attached hydrogen (secondary N) is 1. The molecule has 0 aliphatic heterocycles. The minimum atomic E-state index is -0.621. The molecule has 0 saturated heterocycles. The molecule has 0 aliphatic carbocycles. The number of nitrogen functional groups attached to an aromatic ring is 2. The zero-order chi connectivity index (χ0) is 20.2. The molecular weight excluding hydrogens is 366 g/mol. The van der Waals surface area contributed by atoms with Crippen LogP contribution in [0.3, 0.4) is 0 Å². The summed E-state index contributed by atoms with van der Waals surface area (Å²) in [5.41, 5.74) is 16.7. The Morgan fingerprint density at radius 1 is 1.04 bits per heavy atom. The molecule has 0 spiro atoms. The lowest BCUT2D eigenvalue weighted by atomic mass is 10.0. The van der Waals surface area contributed by atoms with E-state index in [1.807, 2.05) is 0 Å². The first-order valence-electron chi connectivity index (χ1n) is 9.51. The number of carbonyl (C=O) groups excluding carboxylic acids is 1. The van der Waals surface area contributed by atoms with Crippen LogP contribution in [0.25, 0.3) is 0 Å². The highest BCUT2D eigenvalue weighted by Crippen LogP contribution is 2.17. The van der Waals surface area contributed by atoms with Crippen LogP contribution in [0.1, 0.15) is 75.7 Å².